The number of likely N-dealkylation sites (tertiary alicyclic amines) is 1. The molecule has 1 N–H and O–H groups in total. The maximum absolute atomic E-state index is 13.4. The fourth-order valence-corrected chi connectivity index (χ4v) is 5.11. The van der Waals surface area contributed by atoms with Gasteiger partial charge in [0.2, 0.25) is 0 Å². The molecule has 1 amide bonds. The molecule has 0 radical (unpaired) electrons. The number of aliphatic hydroxyl groups is 1. The van der Waals surface area contributed by atoms with E-state index in [4.69, 9.17) is 13.9 Å². The molecule has 39 heavy (non-hydrogen) atoms. The number of carbonyl (C=O) groups excluding carboxylic acids is 2. The van der Waals surface area contributed by atoms with Crippen LogP contribution in [0.5, 0.6) is 11.5 Å². The molecule has 6 rings (SSSR count). The van der Waals surface area contributed by atoms with E-state index >= 15 is 0 Å². The summed E-state index contributed by atoms with van der Waals surface area (Å²) in [7, 11) is 0. The maximum Gasteiger partial charge on any atom is 0.296 e. The molecule has 3 heterocycles. The summed E-state index contributed by atoms with van der Waals surface area (Å²) < 4.78 is 17.1. The number of amides is 1. The molecule has 1 aromatic heterocycles. The van der Waals surface area contributed by atoms with Gasteiger partial charge in [0.05, 0.1) is 31.0 Å². The first kappa shape index (κ1) is 24.6. The van der Waals surface area contributed by atoms with Gasteiger partial charge in [-0.1, -0.05) is 42.5 Å². The highest BCUT2D eigenvalue weighted by atomic mass is 16.5. The molecule has 2 aliphatic heterocycles. The fourth-order valence-electron chi connectivity index (χ4n) is 5.11. The molecular weight excluding hydrogens is 494 g/mol. The molecule has 196 valence electrons. The Balaban J connectivity index is 1.36. The van der Waals surface area contributed by atoms with Crippen molar-refractivity contribution >= 4 is 17.4 Å². The summed E-state index contributed by atoms with van der Waals surface area (Å²) in [5.41, 5.74) is 3.20. The van der Waals surface area contributed by atoms with Crippen LogP contribution in [0.25, 0.3) is 5.76 Å². The number of fused-ring (bicyclic) bond motifs is 1. The molecule has 7 heteroatoms. The van der Waals surface area contributed by atoms with Crippen LogP contribution in [0.4, 0.5) is 0 Å². The molecule has 0 spiro atoms. The van der Waals surface area contributed by atoms with E-state index in [-0.39, 0.29) is 17.9 Å². The summed E-state index contributed by atoms with van der Waals surface area (Å²) in [5, 5.41) is 11.4. The van der Waals surface area contributed by atoms with Crippen LogP contribution >= 0.6 is 0 Å². The topological polar surface area (TPSA) is 89.2 Å². The Kier molecular flexibility index (Phi) is 6.63. The lowest BCUT2D eigenvalue weighted by Gasteiger charge is -2.25. The molecule has 4 aromatic rings. The predicted molar refractivity (Wildman–Crippen MR) is 144 cm³/mol. The molecule has 0 bridgehead atoms. The third-order valence-corrected chi connectivity index (χ3v) is 7.07. The SMILES string of the molecule is O=C1C(=O)N(Cc2ccco2)C(c2ccc(OCc3ccccc3)cc2)/C1=C(/O)c1ccc2c(c1)CCCO2. The van der Waals surface area contributed by atoms with Crippen LogP contribution in [0.2, 0.25) is 0 Å². The molecule has 3 aromatic carbocycles. The van der Waals surface area contributed by atoms with Gasteiger partial charge in [-0.15, -0.1) is 0 Å². The molecular formula is C32H27NO6. The summed E-state index contributed by atoms with van der Waals surface area (Å²) in [5.74, 6) is 0.332. The number of hydrogen-bond donors (Lipinski definition) is 1. The van der Waals surface area contributed by atoms with Crippen LogP contribution in [0.1, 0.15) is 40.5 Å². The van der Waals surface area contributed by atoms with Crippen molar-refractivity contribution in [3.05, 3.63) is 125 Å². The van der Waals surface area contributed by atoms with Crippen LogP contribution in [-0.4, -0.2) is 28.3 Å². The van der Waals surface area contributed by atoms with E-state index < -0.39 is 17.7 Å². The smallest absolute Gasteiger partial charge is 0.296 e. The number of hydrogen-bond acceptors (Lipinski definition) is 6. The van der Waals surface area contributed by atoms with Crippen molar-refractivity contribution in [1.82, 2.24) is 4.90 Å². The minimum Gasteiger partial charge on any atom is -0.507 e. The second kappa shape index (κ2) is 10.5. The fraction of sp³-hybridized carbons (Fsp3) is 0.188. The normalized spacial score (nSPS) is 18.1. The summed E-state index contributed by atoms with van der Waals surface area (Å²) in [6.45, 7) is 1.16. The monoisotopic (exact) mass is 521 g/mol. The first-order chi connectivity index (χ1) is 19.1. The number of aliphatic hydroxyl groups excluding tert-OH is 1. The van der Waals surface area contributed by atoms with E-state index in [1.165, 1.54) is 11.2 Å². The van der Waals surface area contributed by atoms with Crippen molar-refractivity contribution in [2.45, 2.75) is 32.0 Å². The van der Waals surface area contributed by atoms with E-state index in [1.807, 2.05) is 60.7 Å². The number of nitrogens with zero attached hydrogens (tertiary/aromatic N) is 1. The number of Topliss-reactive ketones (excluding diaryl/α,β-unsaturated/α-hetero) is 1. The zero-order valence-electron chi connectivity index (χ0n) is 21.2. The van der Waals surface area contributed by atoms with Crippen molar-refractivity contribution < 1.29 is 28.6 Å². The molecule has 0 aliphatic carbocycles. The summed E-state index contributed by atoms with van der Waals surface area (Å²) in [4.78, 5) is 28.1. The van der Waals surface area contributed by atoms with Gasteiger partial charge in [0.25, 0.3) is 11.7 Å². The summed E-state index contributed by atoms with van der Waals surface area (Å²) in [6, 6.07) is 25.1. The molecule has 7 nitrogen and oxygen atoms in total. The third-order valence-electron chi connectivity index (χ3n) is 7.07. The van der Waals surface area contributed by atoms with Crippen molar-refractivity contribution in [1.29, 1.82) is 0 Å². The average molecular weight is 522 g/mol. The van der Waals surface area contributed by atoms with E-state index in [0.29, 0.717) is 35.9 Å². The highest BCUT2D eigenvalue weighted by Crippen LogP contribution is 2.41. The number of aryl methyl sites for hydroxylation is 1. The summed E-state index contributed by atoms with van der Waals surface area (Å²) in [6.07, 6.45) is 3.22. The van der Waals surface area contributed by atoms with Gasteiger partial charge in [0.1, 0.15) is 29.6 Å². The molecule has 1 atom stereocenters. The van der Waals surface area contributed by atoms with Crippen molar-refractivity contribution in [3.8, 4) is 11.5 Å². The maximum atomic E-state index is 13.4. The van der Waals surface area contributed by atoms with Crippen molar-refractivity contribution in [2.24, 2.45) is 0 Å². The minimum absolute atomic E-state index is 0.0428. The molecule has 1 fully saturated rings. The van der Waals surface area contributed by atoms with Crippen LogP contribution in [0, 0.1) is 0 Å². The Labute approximate surface area is 225 Å². The van der Waals surface area contributed by atoms with Crippen molar-refractivity contribution in [2.75, 3.05) is 6.61 Å². The highest BCUT2D eigenvalue weighted by Gasteiger charge is 2.46. The van der Waals surface area contributed by atoms with Crippen molar-refractivity contribution in [3.63, 3.8) is 0 Å². The van der Waals surface area contributed by atoms with E-state index in [0.717, 1.165) is 29.7 Å². The van der Waals surface area contributed by atoms with Gasteiger partial charge in [-0.05, 0) is 72.0 Å². The second-order valence-corrected chi connectivity index (χ2v) is 9.62. The van der Waals surface area contributed by atoms with E-state index in [9.17, 15) is 14.7 Å². The second-order valence-electron chi connectivity index (χ2n) is 9.62. The number of benzene rings is 3. The van der Waals surface area contributed by atoms with Gasteiger partial charge in [-0.2, -0.15) is 0 Å². The van der Waals surface area contributed by atoms with Crippen LogP contribution in [-0.2, 0) is 29.2 Å². The molecule has 2 aliphatic rings. The molecule has 0 saturated carbocycles. The zero-order valence-corrected chi connectivity index (χ0v) is 21.2. The van der Waals surface area contributed by atoms with Crippen LogP contribution < -0.4 is 9.47 Å². The molecule has 1 saturated heterocycles. The Hall–Kier alpha value is -4.78. The largest absolute Gasteiger partial charge is 0.507 e. The number of ketones is 1. The Bertz CT molecular complexity index is 1520. The van der Waals surface area contributed by atoms with Crippen LogP contribution in [0.3, 0.4) is 0 Å². The number of rotatable bonds is 7. The Morgan fingerprint density at radius 1 is 0.974 bits per heavy atom. The lowest BCUT2D eigenvalue weighted by Crippen LogP contribution is -2.29. The molecule has 1 unspecified atom stereocenters. The average Bonchev–Trinajstić information content (AvgIpc) is 3.59. The van der Waals surface area contributed by atoms with Gasteiger partial charge in [-0.3, -0.25) is 9.59 Å². The summed E-state index contributed by atoms with van der Waals surface area (Å²) >= 11 is 0. The third kappa shape index (κ3) is 4.91. The standard InChI is InChI=1S/C32H27NO6/c34-30(24-12-15-27-23(18-24)8-4-17-38-27)28-29(33(32(36)31(28)35)19-26-9-5-16-37-26)22-10-13-25(14-11-22)39-20-21-6-2-1-3-7-21/h1-3,5-7,9-16,18,29,34H,4,8,17,19-20H2/b30-28-. The number of furan rings is 1. The first-order valence-corrected chi connectivity index (χ1v) is 12.9. The van der Waals surface area contributed by atoms with Gasteiger partial charge >= 0.3 is 0 Å². The van der Waals surface area contributed by atoms with Gasteiger partial charge in [0.15, 0.2) is 0 Å². The number of carbonyl (C=O) groups is 2. The lowest BCUT2D eigenvalue weighted by molar-refractivity contribution is -0.140. The Morgan fingerprint density at radius 3 is 2.56 bits per heavy atom. The van der Waals surface area contributed by atoms with Crippen LogP contribution in [0.15, 0.2) is 101 Å². The van der Waals surface area contributed by atoms with Gasteiger partial charge in [0, 0.05) is 5.56 Å². The van der Waals surface area contributed by atoms with Gasteiger partial charge < -0.3 is 23.9 Å². The lowest BCUT2D eigenvalue weighted by atomic mass is 9.94. The number of ether oxygens (including phenoxy) is 2. The van der Waals surface area contributed by atoms with E-state index in [1.54, 1.807) is 24.3 Å². The predicted octanol–water partition coefficient (Wildman–Crippen LogP) is 5.81. The van der Waals surface area contributed by atoms with E-state index in [2.05, 4.69) is 0 Å². The first-order valence-electron chi connectivity index (χ1n) is 12.9. The zero-order chi connectivity index (χ0) is 26.8. The quantitative estimate of drug-likeness (QED) is 0.188. The highest BCUT2D eigenvalue weighted by molar-refractivity contribution is 6.46. The minimum atomic E-state index is -0.800. The van der Waals surface area contributed by atoms with Gasteiger partial charge in [-0.25, -0.2) is 0 Å². The Morgan fingerprint density at radius 2 is 1.79 bits per heavy atom.